The smallest absolute Gasteiger partial charge is 0.132 e. The Hall–Kier alpha value is -2.10. The van der Waals surface area contributed by atoms with E-state index in [1.54, 1.807) is 0 Å². The van der Waals surface area contributed by atoms with Crippen molar-refractivity contribution in [3.63, 3.8) is 0 Å². The van der Waals surface area contributed by atoms with Gasteiger partial charge in [-0.3, -0.25) is 10.6 Å². The highest BCUT2D eigenvalue weighted by Crippen LogP contribution is 2.45. The Balaban J connectivity index is 1.97. The van der Waals surface area contributed by atoms with Crippen LogP contribution in [0.25, 0.3) is 16.7 Å². The van der Waals surface area contributed by atoms with Gasteiger partial charge < -0.3 is 5.11 Å². The molecule has 1 heterocycles. The number of hydrogen-bond acceptors (Lipinski definition) is 3. The van der Waals surface area contributed by atoms with Gasteiger partial charge in [0.2, 0.25) is 0 Å². The summed E-state index contributed by atoms with van der Waals surface area (Å²) in [6, 6.07) is 16.5. The Labute approximate surface area is 118 Å². The number of rotatable bonds is 1. The first-order chi connectivity index (χ1) is 9.86. The molecule has 3 heteroatoms. The predicted molar refractivity (Wildman–Crippen MR) is 80.3 cm³/mol. The van der Waals surface area contributed by atoms with Crippen LogP contribution in [-0.4, -0.2) is 24.4 Å². The molecule has 3 N–H and O–H groups in total. The van der Waals surface area contributed by atoms with Crippen LogP contribution in [0.5, 0.6) is 0 Å². The van der Waals surface area contributed by atoms with Crippen LogP contribution in [0.3, 0.4) is 0 Å². The lowest BCUT2D eigenvalue weighted by Crippen LogP contribution is -2.33. The number of aliphatic hydroxyl groups excluding tert-OH is 1. The van der Waals surface area contributed by atoms with Crippen LogP contribution in [0.4, 0.5) is 0 Å². The van der Waals surface area contributed by atoms with Crippen molar-refractivity contribution in [2.75, 3.05) is 13.1 Å². The summed E-state index contributed by atoms with van der Waals surface area (Å²) in [7, 11) is 0. The van der Waals surface area contributed by atoms with Crippen LogP contribution in [-0.2, 0) is 0 Å². The molecule has 1 saturated heterocycles. The van der Waals surface area contributed by atoms with Gasteiger partial charge in [0.05, 0.1) is 0 Å². The minimum Gasteiger partial charge on any atom is -0.509 e. The first-order valence-electron chi connectivity index (χ1n) is 6.95. The monoisotopic (exact) mass is 264 g/mol. The molecule has 0 saturated carbocycles. The van der Waals surface area contributed by atoms with Crippen molar-refractivity contribution in [2.24, 2.45) is 0 Å². The Kier molecular flexibility index (Phi) is 2.62. The molecule has 1 aliphatic heterocycles. The van der Waals surface area contributed by atoms with Gasteiger partial charge in [-0.15, -0.1) is 0 Å². The third kappa shape index (κ3) is 1.60. The fourth-order valence-electron chi connectivity index (χ4n) is 3.14. The molecular formula is C17H16N2O. The van der Waals surface area contributed by atoms with E-state index < -0.39 is 0 Å². The Morgan fingerprint density at radius 1 is 0.800 bits per heavy atom. The standard InChI is InChI=1S/C17H16N2O/c20-16(17-18-9-10-19-17)15-13-7-3-1-5-11(13)12-6-2-4-8-14(12)15/h1-8,17-20H,9-10H2. The zero-order chi connectivity index (χ0) is 13.5. The van der Waals surface area contributed by atoms with Crippen LogP contribution in [0.1, 0.15) is 11.1 Å². The van der Waals surface area contributed by atoms with E-state index in [-0.39, 0.29) is 6.17 Å². The van der Waals surface area contributed by atoms with Crippen molar-refractivity contribution in [2.45, 2.75) is 6.17 Å². The van der Waals surface area contributed by atoms with Gasteiger partial charge in [0, 0.05) is 18.7 Å². The van der Waals surface area contributed by atoms with Crippen molar-refractivity contribution < 1.29 is 5.11 Å². The second-order valence-corrected chi connectivity index (χ2v) is 5.19. The number of aliphatic hydroxyl groups is 1. The van der Waals surface area contributed by atoms with Gasteiger partial charge >= 0.3 is 0 Å². The molecule has 3 nitrogen and oxygen atoms in total. The molecule has 4 rings (SSSR count). The van der Waals surface area contributed by atoms with E-state index in [1.807, 2.05) is 24.3 Å². The molecule has 0 radical (unpaired) electrons. The SMILES string of the molecule is OC(=C1c2ccccc2-c2ccccc21)C1NCCN1. The fourth-order valence-corrected chi connectivity index (χ4v) is 3.14. The molecule has 2 aromatic rings. The highest BCUT2D eigenvalue weighted by molar-refractivity contribution is 6.01. The lowest BCUT2D eigenvalue weighted by Gasteiger charge is -2.14. The summed E-state index contributed by atoms with van der Waals surface area (Å²) in [5, 5.41) is 17.2. The van der Waals surface area contributed by atoms with Crippen molar-refractivity contribution in [1.29, 1.82) is 0 Å². The van der Waals surface area contributed by atoms with Crippen LogP contribution in [0, 0.1) is 0 Å². The maximum Gasteiger partial charge on any atom is 0.132 e. The van der Waals surface area contributed by atoms with Crippen LogP contribution < -0.4 is 10.6 Å². The van der Waals surface area contributed by atoms with Crippen molar-refractivity contribution in [3.8, 4) is 11.1 Å². The molecule has 0 bridgehead atoms. The van der Waals surface area contributed by atoms with Crippen molar-refractivity contribution in [1.82, 2.24) is 10.6 Å². The summed E-state index contributed by atoms with van der Waals surface area (Å²) in [6.45, 7) is 1.76. The van der Waals surface area contributed by atoms with Crippen LogP contribution in [0.2, 0.25) is 0 Å². The third-order valence-electron chi connectivity index (χ3n) is 4.03. The van der Waals surface area contributed by atoms with E-state index >= 15 is 0 Å². The van der Waals surface area contributed by atoms with Crippen LogP contribution >= 0.6 is 0 Å². The van der Waals surface area contributed by atoms with E-state index in [0.717, 1.165) is 29.8 Å². The quantitative estimate of drug-likeness (QED) is 0.592. The number of hydrogen-bond donors (Lipinski definition) is 3. The minimum absolute atomic E-state index is 0.149. The average Bonchev–Trinajstić information content (AvgIpc) is 3.13. The zero-order valence-electron chi connectivity index (χ0n) is 11.1. The molecule has 2 aromatic carbocycles. The molecule has 0 amide bonds. The predicted octanol–water partition coefficient (Wildman–Crippen LogP) is 2.50. The fraction of sp³-hybridized carbons (Fsp3) is 0.176. The zero-order valence-corrected chi connectivity index (χ0v) is 11.1. The highest BCUT2D eigenvalue weighted by atomic mass is 16.3. The van der Waals surface area contributed by atoms with Gasteiger partial charge in [-0.1, -0.05) is 48.5 Å². The summed E-state index contributed by atoms with van der Waals surface area (Å²) in [5.41, 5.74) is 5.57. The molecule has 2 aliphatic rings. The first kappa shape index (κ1) is 11.7. The summed E-state index contributed by atoms with van der Waals surface area (Å²) >= 11 is 0. The van der Waals surface area contributed by atoms with Crippen LogP contribution in [0.15, 0.2) is 54.3 Å². The highest BCUT2D eigenvalue weighted by Gasteiger charge is 2.29. The molecule has 0 aromatic heterocycles. The summed E-state index contributed by atoms with van der Waals surface area (Å²) in [4.78, 5) is 0. The molecule has 1 aliphatic carbocycles. The summed E-state index contributed by atoms with van der Waals surface area (Å²) in [5.74, 6) is 0.389. The summed E-state index contributed by atoms with van der Waals surface area (Å²) < 4.78 is 0. The maximum absolute atomic E-state index is 10.7. The molecule has 20 heavy (non-hydrogen) atoms. The van der Waals surface area contributed by atoms with E-state index in [4.69, 9.17) is 0 Å². The van der Waals surface area contributed by atoms with E-state index in [2.05, 4.69) is 34.9 Å². The normalized spacial score (nSPS) is 17.1. The lowest BCUT2D eigenvalue weighted by molar-refractivity contribution is 0.346. The number of nitrogens with one attached hydrogen (secondary N) is 2. The van der Waals surface area contributed by atoms with Gasteiger partial charge in [-0.2, -0.15) is 0 Å². The maximum atomic E-state index is 10.7. The number of benzene rings is 2. The second-order valence-electron chi connectivity index (χ2n) is 5.19. The molecule has 100 valence electrons. The average molecular weight is 264 g/mol. The Bertz CT molecular complexity index is 652. The summed E-state index contributed by atoms with van der Waals surface area (Å²) in [6.07, 6.45) is -0.149. The minimum atomic E-state index is -0.149. The lowest BCUT2D eigenvalue weighted by atomic mass is 10.0. The Morgan fingerprint density at radius 2 is 1.25 bits per heavy atom. The molecule has 0 atom stereocenters. The molecule has 1 fully saturated rings. The largest absolute Gasteiger partial charge is 0.509 e. The second kappa shape index (κ2) is 4.47. The van der Waals surface area contributed by atoms with Gasteiger partial charge in [0.25, 0.3) is 0 Å². The molecular weight excluding hydrogens is 248 g/mol. The van der Waals surface area contributed by atoms with Gasteiger partial charge in [0.15, 0.2) is 0 Å². The van der Waals surface area contributed by atoms with Crippen molar-refractivity contribution >= 4 is 5.57 Å². The third-order valence-corrected chi connectivity index (χ3v) is 4.03. The molecule has 0 spiro atoms. The van der Waals surface area contributed by atoms with Crippen molar-refractivity contribution in [3.05, 3.63) is 65.4 Å². The van der Waals surface area contributed by atoms with Gasteiger partial charge in [-0.05, 0) is 22.3 Å². The Morgan fingerprint density at radius 3 is 1.75 bits per heavy atom. The van der Waals surface area contributed by atoms with Gasteiger partial charge in [0.1, 0.15) is 11.9 Å². The molecule has 0 unspecified atom stereocenters. The topological polar surface area (TPSA) is 44.3 Å². The van der Waals surface area contributed by atoms with E-state index in [9.17, 15) is 5.11 Å². The number of fused-ring (bicyclic) bond motifs is 3. The van der Waals surface area contributed by atoms with E-state index in [0.29, 0.717) is 5.76 Å². The van der Waals surface area contributed by atoms with Gasteiger partial charge in [-0.25, -0.2) is 0 Å². The first-order valence-corrected chi connectivity index (χ1v) is 6.95. The van der Waals surface area contributed by atoms with E-state index in [1.165, 1.54) is 11.1 Å².